The van der Waals surface area contributed by atoms with Crippen molar-refractivity contribution in [1.82, 2.24) is 4.31 Å². The van der Waals surface area contributed by atoms with Gasteiger partial charge in [0.05, 0.1) is 11.5 Å². The van der Waals surface area contributed by atoms with Crippen molar-refractivity contribution < 1.29 is 17.9 Å². The van der Waals surface area contributed by atoms with Crippen LogP contribution >= 0.6 is 34.8 Å². The molecule has 1 fully saturated rings. The fourth-order valence-corrected chi connectivity index (χ4v) is 6.17. The molecule has 0 bridgehead atoms. The number of hydrogen-bond donors (Lipinski definition) is 1. The minimum atomic E-state index is -3.87. The zero-order valence-corrected chi connectivity index (χ0v) is 19.1. The number of primary amides is 1. The van der Waals surface area contributed by atoms with Crippen LogP contribution in [0.4, 0.5) is 0 Å². The fraction of sp³-hybridized carbons (Fsp3) is 0.350. The monoisotopic (exact) mass is 490 g/mol. The third kappa shape index (κ3) is 5.59. The summed E-state index contributed by atoms with van der Waals surface area (Å²) < 4.78 is 33.7. The molecule has 10 heteroatoms. The highest BCUT2D eigenvalue weighted by Crippen LogP contribution is 2.37. The van der Waals surface area contributed by atoms with Crippen molar-refractivity contribution in [1.29, 1.82) is 0 Å². The average Bonchev–Trinajstić information content (AvgIpc) is 2.65. The van der Waals surface area contributed by atoms with Crippen LogP contribution in [0.1, 0.15) is 19.3 Å². The number of ether oxygens (including phenoxy) is 1. The predicted molar refractivity (Wildman–Crippen MR) is 118 cm³/mol. The number of carbonyl (C=O) groups is 1. The van der Waals surface area contributed by atoms with E-state index in [1.54, 1.807) is 24.3 Å². The molecule has 0 aliphatic carbocycles. The van der Waals surface area contributed by atoms with Crippen molar-refractivity contribution in [2.45, 2.75) is 24.2 Å². The molecule has 30 heavy (non-hydrogen) atoms. The molecule has 1 saturated heterocycles. The summed E-state index contributed by atoms with van der Waals surface area (Å²) in [5.41, 5.74) is 4.73. The Morgan fingerprint density at radius 3 is 2.43 bits per heavy atom. The molecule has 1 aliphatic rings. The van der Waals surface area contributed by atoms with E-state index >= 15 is 0 Å². The standard InChI is InChI=1S/C20H21Cl3N2O4S/c21-14-3-1-4-17(8-14)29-13-20(11-19(24)26)5-2-6-25(12-20)30(27,28)18-9-15(22)7-16(23)10-18/h1,3-4,7-10H,2,5-6,11-13H2,(H2,24,26)/t20-/m0/s1. The highest BCUT2D eigenvalue weighted by atomic mass is 35.5. The lowest BCUT2D eigenvalue weighted by Crippen LogP contribution is -2.50. The predicted octanol–water partition coefficient (Wildman–Crippen LogP) is 4.37. The van der Waals surface area contributed by atoms with Crippen molar-refractivity contribution >= 4 is 50.7 Å². The minimum absolute atomic E-state index is 0.00408. The van der Waals surface area contributed by atoms with E-state index in [2.05, 4.69) is 0 Å². The minimum Gasteiger partial charge on any atom is -0.493 e. The molecule has 1 atom stereocenters. The number of piperidine rings is 1. The normalized spacial score (nSPS) is 20.1. The molecular weight excluding hydrogens is 471 g/mol. The Hall–Kier alpha value is -1.51. The number of halogens is 3. The molecule has 0 saturated carbocycles. The van der Waals surface area contributed by atoms with Crippen LogP contribution in [0.3, 0.4) is 0 Å². The SMILES string of the molecule is NC(=O)C[C@@]1(COc2cccc(Cl)c2)CCCN(S(=O)(=O)c2cc(Cl)cc(Cl)c2)C1. The van der Waals surface area contributed by atoms with Crippen LogP contribution < -0.4 is 10.5 Å². The maximum absolute atomic E-state index is 13.2. The van der Waals surface area contributed by atoms with Gasteiger partial charge in [-0.05, 0) is 49.2 Å². The fourth-order valence-electron chi connectivity index (χ4n) is 3.67. The van der Waals surface area contributed by atoms with Gasteiger partial charge >= 0.3 is 0 Å². The van der Waals surface area contributed by atoms with E-state index in [9.17, 15) is 13.2 Å². The second-order valence-electron chi connectivity index (χ2n) is 7.44. The summed E-state index contributed by atoms with van der Waals surface area (Å²) in [4.78, 5) is 11.8. The van der Waals surface area contributed by atoms with Gasteiger partial charge in [-0.3, -0.25) is 4.79 Å². The number of benzene rings is 2. The first kappa shape index (κ1) is 23.2. The molecule has 2 aromatic carbocycles. The number of hydrogen-bond acceptors (Lipinski definition) is 4. The molecule has 0 aromatic heterocycles. The molecule has 6 nitrogen and oxygen atoms in total. The maximum atomic E-state index is 13.2. The van der Waals surface area contributed by atoms with E-state index in [1.165, 1.54) is 22.5 Å². The molecule has 2 aromatic rings. The van der Waals surface area contributed by atoms with Crippen LogP contribution in [0.15, 0.2) is 47.4 Å². The first-order valence-electron chi connectivity index (χ1n) is 9.23. The van der Waals surface area contributed by atoms with Gasteiger partial charge < -0.3 is 10.5 Å². The largest absolute Gasteiger partial charge is 0.493 e. The van der Waals surface area contributed by atoms with Crippen molar-refractivity contribution in [3.8, 4) is 5.75 Å². The zero-order chi connectivity index (χ0) is 21.9. The molecule has 2 N–H and O–H groups in total. The van der Waals surface area contributed by atoms with Gasteiger partial charge in [-0.25, -0.2) is 8.42 Å². The second kappa shape index (κ2) is 9.32. The van der Waals surface area contributed by atoms with Gasteiger partial charge in [0.15, 0.2) is 0 Å². The van der Waals surface area contributed by atoms with Gasteiger partial charge in [0.2, 0.25) is 15.9 Å². The Balaban J connectivity index is 1.86. The van der Waals surface area contributed by atoms with Crippen LogP contribution in [-0.4, -0.2) is 38.3 Å². The summed E-state index contributed by atoms with van der Waals surface area (Å²) in [6.45, 7) is 0.520. The third-order valence-electron chi connectivity index (χ3n) is 4.99. The average molecular weight is 492 g/mol. The van der Waals surface area contributed by atoms with Crippen molar-refractivity contribution in [3.05, 3.63) is 57.5 Å². The summed E-state index contributed by atoms with van der Waals surface area (Å²) in [6.07, 6.45) is 1.15. The van der Waals surface area contributed by atoms with E-state index in [-0.39, 0.29) is 34.5 Å². The Morgan fingerprint density at radius 1 is 1.10 bits per heavy atom. The topological polar surface area (TPSA) is 89.7 Å². The molecule has 1 amide bonds. The molecule has 3 rings (SSSR count). The lowest BCUT2D eigenvalue weighted by Gasteiger charge is -2.41. The van der Waals surface area contributed by atoms with Crippen molar-refractivity contribution in [2.24, 2.45) is 11.1 Å². The molecule has 162 valence electrons. The summed E-state index contributed by atoms with van der Waals surface area (Å²) in [5.74, 6) is 0.0164. The molecule has 1 aliphatic heterocycles. The van der Waals surface area contributed by atoms with Gasteiger partial charge in [-0.2, -0.15) is 4.31 Å². The summed E-state index contributed by atoms with van der Waals surface area (Å²) in [5, 5.41) is 0.971. The Labute approximate surface area is 190 Å². The number of sulfonamides is 1. The first-order valence-corrected chi connectivity index (χ1v) is 11.8. The van der Waals surface area contributed by atoms with Crippen LogP contribution in [-0.2, 0) is 14.8 Å². The van der Waals surface area contributed by atoms with E-state index in [4.69, 9.17) is 45.3 Å². The van der Waals surface area contributed by atoms with E-state index in [0.29, 0.717) is 30.2 Å². The van der Waals surface area contributed by atoms with Gasteiger partial charge in [0.25, 0.3) is 0 Å². The molecule has 0 spiro atoms. The highest BCUT2D eigenvalue weighted by Gasteiger charge is 2.42. The van der Waals surface area contributed by atoms with E-state index in [0.717, 1.165) is 0 Å². The van der Waals surface area contributed by atoms with Crippen molar-refractivity contribution in [3.63, 3.8) is 0 Å². The number of nitrogens with two attached hydrogens (primary N) is 1. The molecule has 0 unspecified atom stereocenters. The maximum Gasteiger partial charge on any atom is 0.243 e. The van der Waals surface area contributed by atoms with Gasteiger partial charge in [-0.1, -0.05) is 40.9 Å². The number of carbonyl (C=O) groups excluding carboxylic acids is 1. The quantitative estimate of drug-likeness (QED) is 0.623. The number of nitrogens with zero attached hydrogens (tertiary/aromatic N) is 1. The van der Waals surface area contributed by atoms with E-state index in [1.807, 2.05) is 0 Å². The molecule has 0 radical (unpaired) electrons. The van der Waals surface area contributed by atoms with Gasteiger partial charge in [-0.15, -0.1) is 0 Å². The summed E-state index contributed by atoms with van der Waals surface area (Å²) >= 11 is 18.0. The van der Waals surface area contributed by atoms with Crippen LogP contribution in [0.2, 0.25) is 15.1 Å². The van der Waals surface area contributed by atoms with Crippen LogP contribution in [0.5, 0.6) is 5.75 Å². The van der Waals surface area contributed by atoms with Crippen molar-refractivity contribution in [2.75, 3.05) is 19.7 Å². The highest BCUT2D eigenvalue weighted by molar-refractivity contribution is 7.89. The Kier molecular flexibility index (Phi) is 7.20. The van der Waals surface area contributed by atoms with Gasteiger partial charge in [0.1, 0.15) is 5.75 Å². The lowest BCUT2D eigenvalue weighted by molar-refractivity contribution is -0.121. The smallest absolute Gasteiger partial charge is 0.243 e. The molecular formula is C20H21Cl3N2O4S. The third-order valence-corrected chi connectivity index (χ3v) is 7.49. The van der Waals surface area contributed by atoms with Gasteiger partial charge in [0, 0.05) is 40.0 Å². The Bertz CT molecular complexity index is 1030. The zero-order valence-electron chi connectivity index (χ0n) is 16.0. The van der Waals surface area contributed by atoms with Crippen LogP contribution in [0, 0.1) is 5.41 Å². The second-order valence-corrected chi connectivity index (χ2v) is 10.7. The number of rotatable bonds is 7. The summed E-state index contributed by atoms with van der Waals surface area (Å²) in [7, 11) is -3.87. The first-order chi connectivity index (χ1) is 14.1. The summed E-state index contributed by atoms with van der Waals surface area (Å²) in [6, 6.07) is 11.1. The van der Waals surface area contributed by atoms with E-state index < -0.39 is 21.3 Å². The lowest BCUT2D eigenvalue weighted by atomic mass is 9.78. The number of amides is 1. The molecule has 1 heterocycles. The van der Waals surface area contributed by atoms with Crippen LogP contribution in [0.25, 0.3) is 0 Å². The Morgan fingerprint density at radius 2 is 1.80 bits per heavy atom.